The third-order valence-electron chi connectivity index (χ3n) is 4.66. The molecular formula is C18H20ClN5O5S. The third-order valence-corrected chi connectivity index (χ3v) is 6.84. The average Bonchev–Trinajstić information content (AvgIpc) is 2.74. The predicted molar refractivity (Wildman–Crippen MR) is 112 cm³/mol. The van der Waals surface area contributed by atoms with Gasteiger partial charge in [0.2, 0.25) is 10.0 Å². The maximum absolute atomic E-state index is 12.6. The number of carbonyl (C=O) groups is 1. The predicted octanol–water partition coefficient (Wildman–Crippen LogP) is 1.53. The van der Waals surface area contributed by atoms with Crippen molar-refractivity contribution in [3.63, 3.8) is 0 Å². The summed E-state index contributed by atoms with van der Waals surface area (Å²) in [6, 6.07) is 9.06. The summed E-state index contributed by atoms with van der Waals surface area (Å²) in [5.74, 6) is -0.0423. The number of pyridine rings is 1. The van der Waals surface area contributed by atoms with Crippen LogP contribution in [0.4, 0.5) is 11.5 Å². The fourth-order valence-corrected chi connectivity index (χ4v) is 4.65. The van der Waals surface area contributed by atoms with E-state index < -0.39 is 20.9 Å². The zero-order chi connectivity index (χ0) is 21.7. The molecule has 0 unspecified atom stereocenters. The summed E-state index contributed by atoms with van der Waals surface area (Å²) in [5.41, 5.74) is -0.187. The summed E-state index contributed by atoms with van der Waals surface area (Å²) in [4.78, 5) is 28.6. The number of nitro groups is 1. The highest BCUT2D eigenvalue weighted by Gasteiger charge is 2.27. The van der Waals surface area contributed by atoms with Crippen molar-refractivity contribution in [2.45, 2.75) is 0 Å². The van der Waals surface area contributed by atoms with Crippen molar-refractivity contribution in [3.05, 3.63) is 63.3 Å². The molecule has 0 aliphatic carbocycles. The van der Waals surface area contributed by atoms with Crippen molar-refractivity contribution in [1.82, 2.24) is 14.6 Å². The number of nitrogens with one attached hydrogen (secondary N) is 1. The number of piperazine rings is 1. The van der Waals surface area contributed by atoms with Crippen LogP contribution in [-0.4, -0.2) is 67.0 Å². The molecule has 2 aromatic rings. The summed E-state index contributed by atoms with van der Waals surface area (Å²) in [5, 5.41) is 13.2. The largest absolute Gasteiger partial charge is 0.354 e. The molecule has 10 nitrogen and oxygen atoms in total. The quantitative estimate of drug-likeness (QED) is 0.497. The van der Waals surface area contributed by atoms with Gasteiger partial charge in [-0.05, 0) is 18.2 Å². The van der Waals surface area contributed by atoms with Gasteiger partial charge in [0.15, 0.2) is 0 Å². The summed E-state index contributed by atoms with van der Waals surface area (Å²) in [6.07, 6.45) is 1.69. The molecule has 1 amide bonds. The van der Waals surface area contributed by atoms with E-state index in [0.29, 0.717) is 26.2 Å². The Balaban J connectivity index is 1.51. The maximum atomic E-state index is 12.6. The molecule has 30 heavy (non-hydrogen) atoms. The molecule has 1 aromatic heterocycles. The number of rotatable bonds is 7. The van der Waals surface area contributed by atoms with Crippen LogP contribution in [0.25, 0.3) is 0 Å². The molecule has 0 atom stereocenters. The fourth-order valence-electron chi connectivity index (χ4n) is 3.06. The van der Waals surface area contributed by atoms with Gasteiger partial charge in [-0.1, -0.05) is 17.7 Å². The minimum absolute atomic E-state index is 0.0450. The van der Waals surface area contributed by atoms with Crippen LogP contribution in [-0.2, 0) is 10.0 Å². The zero-order valence-electron chi connectivity index (χ0n) is 15.9. The van der Waals surface area contributed by atoms with Gasteiger partial charge in [-0.2, -0.15) is 4.31 Å². The van der Waals surface area contributed by atoms with Crippen LogP contribution in [0.5, 0.6) is 0 Å². The van der Waals surface area contributed by atoms with Crippen molar-refractivity contribution in [2.24, 2.45) is 0 Å². The van der Waals surface area contributed by atoms with Crippen LogP contribution < -0.4 is 10.2 Å². The normalized spacial score (nSPS) is 15.0. The number of nitro benzene ring substituents is 1. The van der Waals surface area contributed by atoms with Crippen LogP contribution >= 0.6 is 11.6 Å². The van der Waals surface area contributed by atoms with E-state index in [2.05, 4.69) is 10.3 Å². The number of carbonyl (C=O) groups excluding carboxylic acids is 1. The van der Waals surface area contributed by atoms with E-state index >= 15 is 0 Å². The Kier molecular flexibility index (Phi) is 6.85. The molecule has 1 fully saturated rings. The van der Waals surface area contributed by atoms with Crippen LogP contribution in [0.15, 0.2) is 42.6 Å². The smallest absolute Gasteiger partial charge is 0.270 e. The van der Waals surface area contributed by atoms with Gasteiger partial charge < -0.3 is 10.2 Å². The van der Waals surface area contributed by atoms with E-state index in [1.807, 2.05) is 23.1 Å². The third kappa shape index (κ3) is 5.23. The number of hydrogen-bond donors (Lipinski definition) is 1. The van der Waals surface area contributed by atoms with Crippen molar-refractivity contribution >= 4 is 39.0 Å². The molecule has 1 aromatic carbocycles. The molecule has 0 saturated carbocycles. The molecule has 3 rings (SSSR count). The maximum Gasteiger partial charge on any atom is 0.270 e. The SMILES string of the molecule is O=C(NCCS(=O)(=O)N1CCN(c2ccccn2)CC1)c1ccc([N+](=O)[O-])cc1Cl. The number of non-ortho nitro benzene ring substituents is 1. The summed E-state index contributed by atoms with van der Waals surface area (Å²) >= 11 is 5.92. The van der Waals surface area contributed by atoms with Crippen LogP contribution in [0.1, 0.15) is 10.4 Å². The molecular weight excluding hydrogens is 434 g/mol. The van der Waals surface area contributed by atoms with Crippen LogP contribution in [0.2, 0.25) is 5.02 Å². The topological polar surface area (TPSA) is 126 Å². The van der Waals surface area contributed by atoms with Crippen molar-refractivity contribution < 1.29 is 18.1 Å². The Labute approximate surface area is 178 Å². The first-order valence-corrected chi connectivity index (χ1v) is 11.1. The lowest BCUT2D eigenvalue weighted by atomic mass is 10.2. The van der Waals surface area contributed by atoms with Gasteiger partial charge in [-0.3, -0.25) is 14.9 Å². The number of amides is 1. The second-order valence-electron chi connectivity index (χ2n) is 6.57. The average molecular weight is 454 g/mol. The Morgan fingerprint density at radius 3 is 2.53 bits per heavy atom. The number of hydrogen-bond acceptors (Lipinski definition) is 7. The Bertz CT molecular complexity index is 1030. The van der Waals surface area contributed by atoms with Crippen molar-refractivity contribution in [2.75, 3.05) is 43.4 Å². The van der Waals surface area contributed by atoms with Crippen molar-refractivity contribution in [3.8, 4) is 0 Å². The summed E-state index contributed by atoms with van der Waals surface area (Å²) < 4.78 is 26.5. The molecule has 1 saturated heterocycles. The van der Waals surface area contributed by atoms with Gasteiger partial charge in [0.25, 0.3) is 11.6 Å². The minimum atomic E-state index is -3.55. The van der Waals surface area contributed by atoms with Crippen molar-refractivity contribution in [1.29, 1.82) is 0 Å². The molecule has 12 heteroatoms. The molecule has 1 aliphatic heterocycles. The number of anilines is 1. The number of sulfonamides is 1. The van der Waals surface area contributed by atoms with Gasteiger partial charge in [-0.15, -0.1) is 0 Å². The highest BCUT2D eigenvalue weighted by molar-refractivity contribution is 7.89. The second-order valence-corrected chi connectivity index (χ2v) is 9.06. The van der Waals surface area contributed by atoms with Gasteiger partial charge in [0.05, 0.1) is 21.3 Å². The molecule has 160 valence electrons. The first kappa shape index (κ1) is 21.9. The lowest BCUT2D eigenvalue weighted by Crippen LogP contribution is -2.50. The van der Waals surface area contributed by atoms with Gasteiger partial charge in [0, 0.05) is 51.1 Å². The standard InChI is InChI=1S/C18H20ClN5O5S/c19-16-13-14(24(26)27)4-5-15(16)18(25)21-7-12-30(28,29)23-10-8-22(9-11-23)17-3-1-2-6-20-17/h1-6,13H,7-12H2,(H,21,25). The number of halogens is 1. The molecule has 0 spiro atoms. The first-order chi connectivity index (χ1) is 14.3. The van der Waals surface area contributed by atoms with E-state index in [1.54, 1.807) is 6.20 Å². The highest BCUT2D eigenvalue weighted by atomic mass is 35.5. The summed E-state index contributed by atoms with van der Waals surface area (Å²) in [6.45, 7) is 1.62. The molecule has 0 bridgehead atoms. The molecule has 1 N–H and O–H groups in total. The van der Waals surface area contributed by atoms with E-state index in [1.165, 1.54) is 16.4 Å². The zero-order valence-corrected chi connectivity index (χ0v) is 17.5. The number of nitrogens with zero attached hydrogens (tertiary/aromatic N) is 4. The number of aromatic nitrogens is 1. The first-order valence-electron chi connectivity index (χ1n) is 9.14. The van der Waals surface area contributed by atoms with E-state index in [0.717, 1.165) is 11.9 Å². The Morgan fingerprint density at radius 2 is 1.93 bits per heavy atom. The Morgan fingerprint density at radius 1 is 1.20 bits per heavy atom. The van der Waals surface area contributed by atoms with E-state index in [-0.39, 0.29) is 28.6 Å². The monoisotopic (exact) mass is 453 g/mol. The number of benzene rings is 1. The highest BCUT2D eigenvalue weighted by Crippen LogP contribution is 2.22. The van der Waals surface area contributed by atoms with Crippen LogP contribution in [0, 0.1) is 10.1 Å². The van der Waals surface area contributed by atoms with Crippen LogP contribution in [0.3, 0.4) is 0 Å². The lowest BCUT2D eigenvalue weighted by molar-refractivity contribution is -0.384. The van der Waals surface area contributed by atoms with Gasteiger partial charge in [-0.25, -0.2) is 13.4 Å². The fraction of sp³-hybridized carbons (Fsp3) is 0.333. The van der Waals surface area contributed by atoms with Gasteiger partial charge in [0.1, 0.15) is 5.82 Å². The molecule has 1 aliphatic rings. The lowest BCUT2D eigenvalue weighted by Gasteiger charge is -2.34. The minimum Gasteiger partial charge on any atom is -0.354 e. The molecule has 2 heterocycles. The second kappa shape index (κ2) is 9.37. The molecule has 0 radical (unpaired) electrons. The van der Waals surface area contributed by atoms with Gasteiger partial charge >= 0.3 is 0 Å². The van der Waals surface area contributed by atoms with E-state index in [4.69, 9.17) is 11.6 Å². The Hall–Kier alpha value is -2.76. The summed E-state index contributed by atoms with van der Waals surface area (Å²) in [7, 11) is -3.55. The van der Waals surface area contributed by atoms with E-state index in [9.17, 15) is 23.3 Å².